The van der Waals surface area contributed by atoms with Crippen molar-refractivity contribution in [1.82, 2.24) is 19.9 Å². The number of anilines is 1. The van der Waals surface area contributed by atoms with Crippen molar-refractivity contribution in [3.63, 3.8) is 0 Å². The lowest BCUT2D eigenvalue weighted by Gasteiger charge is -2.23. The van der Waals surface area contributed by atoms with Gasteiger partial charge < -0.3 is 9.80 Å². The fraction of sp³-hybridized carbons (Fsp3) is 0.375. The number of hydrogen-bond donors (Lipinski definition) is 0. The van der Waals surface area contributed by atoms with Gasteiger partial charge in [-0.2, -0.15) is 13.2 Å². The van der Waals surface area contributed by atoms with E-state index in [0.717, 1.165) is 6.07 Å². The summed E-state index contributed by atoms with van der Waals surface area (Å²) in [5, 5.41) is 0. The van der Waals surface area contributed by atoms with Gasteiger partial charge in [-0.1, -0.05) is 0 Å². The van der Waals surface area contributed by atoms with E-state index >= 15 is 0 Å². The Morgan fingerprint density at radius 1 is 1.04 bits per heavy atom. The van der Waals surface area contributed by atoms with Crippen LogP contribution in [0.5, 0.6) is 0 Å². The molecule has 3 rings (SSSR count). The smallest absolute Gasteiger partial charge is 0.368 e. The number of pyridine rings is 1. The van der Waals surface area contributed by atoms with E-state index in [-0.39, 0.29) is 5.91 Å². The van der Waals surface area contributed by atoms with E-state index in [9.17, 15) is 18.0 Å². The first-order chi connectivity index (χ1) is 11.9. The molecule has 1 aliphatic rings. The summed E-state index contributed by atoms with van der Waals surface area (Å²) in [6, 6.07) is 3.95. The molecule has 132 valence electrons. The molecule has 0 unspecified atom stereocenters. The van der Waals surface area contributed by atoms with Crippen LogP contribution in [0.3, 0.4) is 0 Å². The third-order valence-electron chi connectivity index (χ3n) is 3.99. The molecule has 0 aliphatic carbocycles. The Balaban J connectivity index is 1.66. The number of nitrogens with zero attached hydrogens (tertiary/aromatic N) is 5. The second-order valence-corrected chi connectivity index (χ2v) is 5.63. The maximum absolute atomic E-state index is 12.6. The lowest BCUT2D eigenvalue weighted by Crippen LogP contribution is -2.35. The highest BCUT2D eigenvalue weighted by molar-refractivity contribution is 5.92. The van der Waals surface area contributed by atoms with Crippen molar-refractivity contribution in [1.29, 1.82) is 0 Å². The first-order valence-electron chi connectivity index (χ1n) is 7.78. The van der Waals surface area contributed by atoms with Gasteiger partial charge in [0.1, 0.15) is 17.7 Å². The normalized spacial score (nSPS) is 15.8. The maximum atomic E-state index is 12.6. The van der Waals surface area contributed by atoms with Gasteiger partial charge in [-0.05, 0) is 24.6 Å². The molecule has 1 aliphatic heterocycles. The summed E-state index contributed by atoms with van der Waals surface area (Å²) in [4.78, 5) is 27.3. The summed E-state index contributed by atoms with van der Waals surface area (Å²) in [5.41, 5.74) is 0.0376. The van der Waals surface area contributed by atoms with Crippen LogP contribution in [0.25, 0.3) is 0 Å². The van der Waals surface area contributed by atoms with E-state index in [4.69, 9.17) is 0 Å². The van der Waals surface area contributed by atoms with E-state index in [2.05, 4.69) is 15.0 Å². The van der Waals surface area contributed by atoms with Gasteiger partial charge in [0.15, 0.2) is 0 Å². The van der Waals surface area contributed by atoms with Crippen LogP contribution in [0.4, 0.5) is 18.9 Å². The highest BCUT2D eigenvalue weighted by Crippen LogP contribution is 2.28. The van der Waals surface area contributed by atoms with Crippen LogP contribution in [-0.2, 0) is 6.18 Å². The molecule has 1 amide bonds. The minimum absolute atomic E-state index is 0.171. The number of carbonyl (C=O) groups excluding carboxylic acids is 1. The van der Waals surface area contributed by atoms with Crippen LogP contribution in [0.2, 0.25) is 0 Å². The summed E-state index contributed by atoms with van der Waals surface area (Å²) in [5.74, 6) is -0.171. The Hall–Kier alpha value is -2.71. The number of halogens is 3. The highest BCUT2D eigenvalue weighted by atomic mass is 19.4. The summed E-state index contributed by atoms with van der Waals surface area (Å²) in [7, 11) is 0. The molecule has 6 nitrogen and oxygen atoms in total. The molecule has 2 aromatic heterocycles. The Morgan fingerprint density at radius 2 is 1.88 bits per heavy atom. The largest absolute Gasteiger partial charge is 0.433 e. The van der Waals surface area contributed by atoms with Gasteiger partial charge in [0, 0.05) is 32.4 Å². The van der Waals surface area contributed by atoms with E-state index in [0.29, 0.717) is 44.0 Å². The predicted octanol–water partition coefficient (Wildman–Crippen LogP) is 2.24. The summed E-state index contributed by atoms with van der Waals surface area (Å²) in [6.45, 7) is 2.18. The first kappa shape index (κ1) is 17.1. The van der Waals surface area contributed by atoms with Gasteiger partial charge in [0.05, 0.1) is 11.9 Å². The topological polar surface area (TPSA) is 62.2 Å². The minimum atomic E-state index is -4.45. The number of carbonyl (C=O) groups is 1. The summed E-state index contributed by atoms with van der Waals surface area (Å²) in [6.07, 6.45) is 0.324. The number of alkyl halides is 3. The van der Waals surface area contributed by atoms with Gasteiger partial charge in [0.25, 0.3) is 5.91 Å². The van der Waals surface area contributed by atoms with Crippen LogP contribution >= 0.6 is 0 Å². The van der Waals surface area contributed by atoms with Gasteiger partial charge >= 0.3 is 6.18 Å². The highest BCUT2D eigenvalue weighted by Gasteiger charge is 2.32. The standard InChI is InChI=1S/C16H16F3N5O/c17-16(18,19)14-3-2-12(10-21-14)23-6-1-7-24(9-8-23)15(25)13-4-5-20-11-22-13/h2-5,10-11H,1,6-9H2. The lowest BCUT2D eigenvalue weighted by atomic mass is 10.3. The van der Waals surface area contributed by atoms with Gasteiger partial charge in [0.2, 0.25) is 0 Å². The third-order valence-corrected chi connectivity index (χ3v) is 3.99. The Kier molecular flexibility index (Phi) is 4.82. The number of hydrogen-bond acceptors (Lipinski definition) is 5. The zero-order chi connectivity index (χ0) is 17.9. The van der Waals surface area contributed by atoms with Crippen molar-refractivity contribution in [3.05, 3.63) is 48.3 Å². The lowest BCUT2D eigenvalue weighted by molar-refractivity contribution is -0.141. The van der Waals surface area contributed by atoms with Crippen LogP contribution < -0.4 is 4.90 Å². The Labute approximate surface area is 142 Å². The summed E-state index contributed by atoms with van der Waals surface area (Å²) >= 11 is 0. The molecule has 25 heavy (non-hydrogen) atoms. The van der Waals surface area contributed by atoms with Crippen molar-refractivity contribution >= 4 is 11.6 Å². The Bertz CT molecular complexity index is 721. The molecule has 0 spiro atoms. The molecule has 0 atom stereocenters. The summed E-state index contributed by atoms with van der Waals surface area (Å²) < 4.78 is 37.8. The SMILES string of the molecule is O=C(c1ccncn1)N1CCCN(c2ccc(C(F)(F)F)nc2)CC1. The van der Waals surface area contributed by atoms with Gasteiger partial charge in [-0.15, -0.1) is 0 Å². The molecular formula is C16H16F3N5O. The monoisotopic (exact) mass is 351 g/mol. The second kappa shape index (κ2) is 7.04. The molecule has 3 heterocycles. The van der Waals surface area contributed by atoms with E-state index in [1.165, 1.54) is 24.8 Å². The van der Waals surface area contributed by atoms with E-state index in [1.807, 2.05) is 4.90 Å². The van der Waals surface area contributed by atoms with Crippen LogP contribution in [-0.4, -0.2) is 51.9 Å². The molecule has 1 saturated heterocycles. The minimum Gasteiger partial charge on any atom is -0.368 e. The van der Waals surface area contributed by atoms with Crippen molar-refractivity contribution < 1.29 is 18.0 Å². The maximum Gasteiger partial charge on any atom is 0.433 e. The third kappa shape index (κ3) is 4.04. The average molecular weight is 351 g/mol. The molecule has 9 heteroatoms. The van der Waals surface area contributed by atoms with Crippen molar-refractivity contribution in [3.8, 4) is 0 Å². The number of rotatable bonds is 2. The van der Waals surface area contributed by atoms with Crippen molar-refractivity contribution in [2.75, 3.05) is 31.1 Å². The average Bonchev–Trinajstić information content (AvgIpc) is 2.87. The number of aromatic nitrogens is 3. The molecule has 1 fully saturated rings. The zero-order valence-electron chi connectivity index (χ0n) is 13.3. The zero-order valence-corrected chi connectivity index (χ0v) is 13.3. The fourth-order valence-corrected chi connectivity index (χ4v) is 2.70. The Morgan fingerprint density at radius 3 is 2.52 bits per heavy atom. The molecule has 2 aromatic rings. The van der Waals surface area contributed by atoms with Crippen LogP contribution in [0.15, 0.2) is 36.9 Å². The van der Waals surface area contributed by atoms with Crippen LogP contribution in [0.1, 0.15) is 22.6 Å². The van der Waals surface area contributed by atoms with Crippen molar-refractivity contribution in [2.24, 2.45) is 0 Å². The molecule has 0 radical (unpaired) electrons. The van der Waals surface area contributed by atoms with E-state index < -0.39 is 11.9 Å². The molecule has 0 saturated carbocycles. The van der Waals surface area contributed by atoms with Crippen LogP contribution in [0, 0.1) is 0 Å². The molecule has 0 aromatic carbocycles. The second-order valence-electron chi connectivity index (χ2n) is 5.63. The van der Waals surface area contributed by atoms with Gasteiger partial charge in [-0.25, -0.2) is 15.0 Å². The fourth-order valence-electron chi connectivity index (χ4n) is 2.70. The van der Waals surface area contributed by atoms with E-state index in [1.54, 1.807) is 11.0 Å². The number of amides is 1. The predicted molar refractivity (Wildman–Crippen MR) is 84.0 cm³/mol. The van der Waals surface area contributed by atoms with Crippen molar-refractivity contribution in [2.45, 2.75) is 12.6 Å². The molecular weight excluding hydrogens is 335 g/mol. The quantitative estimate of drug-likeness (QED) is 0.830. The molecule has 0 N–H and O–H groups in total. The first-order valence-corrected chi connectivity index (χ1v) is 7.78. The van der Waals surface area contributed by atoms with Gasteiger partial charge in [-0.3, -0.25) is 4.79 Å². The molecule has 0 bridgehead atoms.